The second kappa shape index (κ2) is 7.60. The zero-order valence-electron chi connectivity index (χ0n) is 16.0. The minimum atomic E-state index is -0.362. The molecule has 3 heterocycles. The molecule has 2 aliphatic heterocycles. The standard InChI is InChI=1S/C19H29N5O2/c1-19(2,3)18(26)24-12-10-23(11-13-24)17(25)15-4-8-22(9-5-15)16-14-20-6-7-21-16/h6-7,14-15H,4-5,8-13H2,1-3H3. The zero-order chi connectivity index (χ0) is 18.7. The molecule has 7 nitrogen and oxygen atoms in total. The highest BCUT2D eigenvalue weighted by atomic mass is 16.2. The van der Waals surface area contributed by atoms with E-state index < -0.39 is 0 Å². The van der Waals surface area contributed by atoms with Crippen molar-refractivity contribution in [1.29, 1.82) is 0 Å². The van der Waals surface area contributed by atoms with Gasteiger partial charge in [0, 0.05) is 63.0 Å². The molecule has 0 saturated carbocycles. The van der Waals surface area contributed by atoms with Crippen LogP contribution in [0.15, 0.2) is 18.6 Å². The monoisotopic (exact) mass is 359 g/mol. The normalized spacial score (nSPS) is 19.6. The van der Waals surface area contributed by atoms with Gasteiger partial charge in [-0.3, -0.25) is 14.6 Å². The molecule has 2 aliphatic rings. The average molecular weight is 359 g/mol. The fourth-order valence-electron chi connectivity index (χ4n) is 3.67. The average Bonchev–Trinajstić information content (AvgIpc) is 2.67. The lowest BCUT2D eigenvalue weighted by atomic mass is 9.93. The van der Waals surface area contributed by atoms with Crippen LogP contribution >= 0.6 is 0 Å². The topological polar surface area (TPSA) is 69.6 Å². The van der Waals surface area contributed by atoms with Gasteiger partial charge in [-0.1, -0.05) is 20.8 Å². The van der Waals surface area contributed by atoms with Crippen LogP contribution < -0.4 is 4.90 Å². The summed E-state index contributed by atoms with van der Waals surface area (Å²) < 4.78 is 0. The van der Waals surface area contributed by atoms with Gasteiger partial charge in [0.2, 0.25) is 11.8 Å². The van der Waals surface area contributed by atoms with Crippen molar-refractivity contribution in [2.75, 3.05) is 44.2 Å². The number of hydrogen-bond donors (Lipinski definition) is 0. The van der Waals surface area contributed by atoms with Crippen LogP contribution in [0.25, 0.3) is 0 Å². The Morgan fingerprint density at radius 1 is 0.962 bits per heavy atom. The Morgan fingerprint density at radius 3 is 2.12 bits per heavy atom. The van der Waals surface area contributed by atoms with Crippen molar-refractivity contribution in [1.82, 2.24) is 19.8 Å². The van der Waals surface area contributed by atoms with Crippen LogP contribution in [0.3, 0.4) is 0 Å². The van der Waals surface area contributed by atoms with Crippen LogP contribution in [-0.2, 0) is 9.59 Å². The van der Waals surface area contributed by atoms with E-state index in [0.717, 1.165) is 31.7 Å². The number of aromatic nitrogens is 2. The lowest BCUT2D eigenvalue weighted by Gasteiger charge is -2.40. The second-order valence-electron chi connectivity index (χ2n) is 8.19. The molecule has 2 fully saturated rings. The van der Waals surface area contributed by atoms with Crippen LogP contribution in [0, 0.1) is 11.3 Å². The van der Waals surface area contributed by atoms with E-state index in [1.807, 2.05) is 30.6 Å². The number of rotatable bonds is 2. The highest BCUT2D eigenvalue weighted by Crippen LogP contribution is 2.24. The molecule has 0 N–H and O–H groups in total. The summed E-state index contributed by atoms with van der Waals surface area (Å²) in [5, 5.41) is 0. The summed E-state index contributed by atoms with van der Waals surface area (Å²) in [6, 6.07) is 0. The molecule has 0 atom stereocenters. The first kappa shape index (κ1) is 18.6. The first-order chi connectivity index (χ1) is 12.4. The lowest BCUT2D eigenvalue weighted by Crippen LogP contribution is -2.54. The Morgan fingerprint density at radius 2 is 1.58 bits per heavy atom. The molecule has 2 saturated heterocycles. The van der Waals surface area contributed by atoms with Crippen molar-refractivity contribution >= 4 is 17.6 Å². The summed E-state index contributed by atoms with van der Waals surface area (Å²) in [4.78, 5) is 39.7. The van der Waals surface area contributed by atoms with E-state index in [1.165, 1.54) is 0 Å². The van der Waals surface area contributed by atoms with Gasteiger partial charge in [-0.25, -0.2) is 4.98 Å². The molecule has 26 heavy (non-hydrogen) atoms. The van der Waals surface area contributed by atoms with Gasteiger partial charge in [-0.15, -0.1) is 0 Å². The molecule has 0 aromatic carbocycles. The van der Waals surface area contributed by atoms with Gasteiger partial charge in [0.1, 0.15) is 5.82 Å². The van der Waals surface area contributed by atoms with E-state index >= 15 is 0 Å². The molecular weight excluding hydrogens is 330 g/mol. The SMILES string of the molecule is CC(C)(C)C(=O)N1CCN(C(=O)C2CCN(c3cnccn3)CC2)CC1. The van der Waals surface area contributed by atoms with Crippen molar-refractivity contribution < 1.29 is 9.59 Å². The predicted octanol–water partition coefficient (Wildman–Crippen LogP) is 1.41. The van der Waals surface area contributed by atoms with Crippen LogP contribution in [-0.4, -0.2) is 70.9 Å². The third-order valence-corrected chi connectivity index (χ3v) is 5.24. The van der Waals surface area contributed by atoms with E-state index in [2.05, 4.69) is 14.9 Å². The molecule has 0 spiro atoms. The second-order valence-corrected chi connectivity index (χ2v) is 8.19. The highest BCUT2D eigenvalue weighted by molar-refractivity contribution is 5.82. The summed E-state index contributed by atoms with van der Waals surface area (Å²) in [6.45, 7) is 10.1. The van der Waals surface area contributed by atoms with Crippen molar-refractivity contribution in [3.63, 3.8) is 0 Å². The number of carbonyl (C=O) groups excluding carboxylic acids is 2. The molecule has 3 rings (SSSR count). The van der Waals surface area contributed by atoms with Crippen LogP contribution in [0.5, 0.6) is 0 Å². The molecule has 0 aliphatic carbocycles. The van der Waals surface area contributed by atoms with Crippen LogP contribution in [0.1, 0.15) is 33.6 Å². The van der Waals surface area contributed by atoms with Gasteiger partial charge in [0.05, 0.1) is 6.20 Å². The summed E-state index contributed by atoms with van der Waals surface area (Å²) in [5.41, 5.74) is -0.362. The third kappa shape index (κ3) is 4.14. The van der Waals surface area contributed by atoms with Crippen molar-refractivity contribution in [3.8, 4) is 0 Å². The summed E-state index contributed by atoms with van der Waals surface area (Å²) in [6.07, 6.45) is 6.83. The maximum Gasteiger partial charge on any atom is 0.228 e. The largest absolute Gasteiger partial charge is 0.355 e. The van der Waals surface area contributed by atoms with Crippen molar-refractivity contribution in [2.45, 2.75) is 33.6 Å². The number of hydrogen-bond acceptors (Lipinski definition) is 5. The first-order valence-corrected chi connectivity index (χ1v) is 9.45. The number of amides is 2. The van der Waals surface area contributed by atoms with E-state index in [4.69, 9.17) is 0 Å². The van der Waals surface area contributed by atoms with Gasteiger partial charge >= 0.3 is 0 Å². The van der Waals surface area contributed by atoms with E-state index in [9.17, 15) is 9.59 Å². The molecule has 2 amide bonds. The molecule has 1 aromatic rings. The van der Waals surface area contributed by atoms with E-state index in [1.54, 1.807) is 18.6 Å². The van der Waals surface area contributed by atoms with Crippen LogP contribution in [0.4, 0.5) is 5.82 Å². The molecule has 142 valence electrons. The third-order valence-electron chi connectivity index (χ3n) is 5.24. The Kier molecular flexibility index (Phi) is 5.44. The molecular formula is C19H29N5O2. The smallest absolute Gasteiger partial charge is 0.228 e. The lowest BCUT2D eigenvalue weighted by molar-refractivity contribution is -0.146. The van der Waals surface area contributed by atoms with E-state index in [-0.39, 0.29) is 23.1 Å². The molecule has 0 radical (unpaired) electrons. The maximum atomic E-state index is 12.8. The fraction of sp³-hybridized carbons (Fsp3) is 0.684. The Balaban J connectivity index is 1.48. The molecule has 7 heteroatoms. The van der Waals surface area contributed by atoms with Gasteiger partial charge < -0.3 is 14.7 Å². The van der Waals surface area contributed by atoms with Crippen molar-refractivity contribution in [3.05, 3.63) is 18.6 Å². The Bertz CT molecular complexity index is 627. The highest BCUT2D eigenvalue weighted by Gasteiger charge is 2.34. The predicted molar refractivity (Wildman–Crippen MR) is 99.6 cm³/mol. The quantitative estimate of drug-likeness (QED) is 0.799. The Labute approximate surface area is 155 Å². The number of piperidine rings is 1. The van der Waals surface area contributed by atoms with Crippen molar-refractivity contribution in [2.24, 2.45) is 11.3 Å². The van der Waals surface area contributed by atoms with Gasteiger partial charge in [0.15, 0.2) is 0 Å². The van der Waals surface area contributed by atoms with Gasteiger partial charge in [0.25, 0.3) is 0 Å². The minimum Gasteiger partial charge on any atom is -0.355 e. The molecule has 1 aromatic heterocycles. The molecule has 0 unspecified atom stereocenters. The molecule has 0 bridgehead atoms. The number of nitrogens with zero attached hydrogens (tertiary/aromatic N) is 5. The van der Waals surface area contributed by atoms with E-state index in [0.29, 0.717) is 26.2 Å². The number of anilines is 1. The fourth-order valence-corrected chi connectivity index (χ4v) is 3.67. The summed E-state index contributed by atoms with van der Waals surface area (Å²) in [5.74, 6) is 1.37. The summed E-state index contributed by atoms with van der Waals surface area (Å²) in [7, 11) is 0. The Hall–Kier alpha value is -2.18. The van der Waals surface area contributed by atoms with Gasteiger partial charge in [-0.2, -0.15) is 0 Å². The zero-order valence-corrected chi connectivity index (χ0v) is 16.0. The first-order valence-electron chi connectivity index (χ1n) is 9.45. The minimum absolute atomic E-state index is 0.0767. The van der Waals surface area contributed by atoms with Gasteiger partial charge in [-0.05, 0) is 12.8 Å². The maximum absolute atomic E-state index is 12.8. The summed E-state index contributed by atoms with van der Waals surface area (Å²) >= 11 is 0. The number of carbonyl (C=O) groups is 2. The van der Waals surface area contributed by atoms with Crippen LogP contribution in [0.2, 0.25) is 0 Å². The number of piperazine rings is 1.